The lowest BCUT2D eigenvalue weighted by Crippen LogP contribution is -2.32. The molecule has 2 aromatic carbocycles. The second-order valence-corrected chi connectivity index (χ2v) is 7.27. The molecule has 0 fully saturated rings. The van der Waals surface area contributed by atoms with Gasteiger partial charge in [-0.25, -0.2) is 4.68 Å². The maximum Gasteiger partial charge on any atom is 0.273 e. The van der Waals surface area contributed by atoms with Gasteiger partial charge >= 0.3 is 0 Å². The quantitative estimate of drug-likeness (QED) is 0.643. The maximum atomic E-state index is 12.6. The SMILES string of the molecule is COc1ccc(-n2nnc(C(=O)NCC(N)c3ccc(C(C)C)cc3)c2C)cc1. The minimum Gasteiger partial charge on any atom is -0.497 e. The molecule has 0 spiro atoms. The number of hydrogen-bond acceptors (Lipinski definition) is 5. The topological polar surface area (TPSA) is 95.1 Å². The number of aromatic nitrogens is 3. The van der Waals surface area contributed by atoms with Crippen molar-refractivity contribution in [2.45, 2.75) is 32.7 Å². The van der Waals surface area contributed by atoms with Gasteiger partial charge in [0.1, 0.15) is 5.75 Å². The van der Waals surface area contributed by atoms with E-state index in [2.05, 4.69) is 41.6 Å². The van der Waals surface area contributed by atoms with Crippen LogP contribution >= 0.6 is 0 Å². The summed E-state index contributed by atoms with van der Waals surface area (Å²) >= 11 is 0. The van der Waals surface area contributed by atoms with Crippen molar-refractivity contribution >= 4 is 5.91 Å². The van der Waals surface area contributed by atoms with Gasteiger partial charge in [-0.05, 0) is 48.2 Å². The van der Waals surface area contributed by atoms with Gasteiger partial charge in [0, 0.05) is 12.6 Å². The van der Waals surface area contributed by atoms with Crippen molar-refractivity contribution in [2.24, 2.45) is 5.73 Å². The standard InChI is InChI=1S/C22H27N5O2/c1-14(2)16-5-7-17(8-6-16)20(23)13-24-22(28)21-15(3)27(26-25-21)18-9-11-19(29-4)12-10-18/h5-12,14,20H,13,23H2,1-4H3,(H,24,28). The van der Waals surface area contributed by atoms with E-state index in [0.29, 0.717) is 18.2 Å². The van der Waals surface area contributed by atoms with Gasteiger partial charge in [0.25, 0.3) is 5.91 Å². The lowest BCUT2D eigenvalue weighted by molar-refractivity contribution is 0.0945. The second kappa shape index (κ2) is 8.87. The summed E-state index contributed by atoms with van der Waals surface area (Å²) in [5.41, 5.74) is 10.2. The van der Waals surface area contributed by atoms with Gasteiger partial charge in [-0.15, -0.1) is 5.10 Å². The van der Waals surface area contributed by atoms with Crippen molar-refractivity contribution in [3.05, 3.63) is 71.0 Å². The van der Waals surface area contributed by atoms with E-state index in [4.69, 9.17) is 10.5 Å². The fourth-order valence-electron chi connectivity index (χ4n) is 3.04. The van der Waals surface area contributed by atoms with E-state index in [-0.39, 0.29) is 17.6 Å². The molecular formula is C22H27N5O2. The van der Waals surface area contributed by atoms with Crippen LogP contribution in [0.4, 0.5) is 0 Å². The highest BCUT2D eigenvalue weighted by Crippen LogP contribution is 2.18. The summed E-state index contributed by atoms with van der Waals surface area (Å²) in [6.45, 7) is 6.42. The summed E-state index contributed by atoms with van der Waals surface area (Å²) < 4.78 is 6.79. The predicted molar refractivity (Wildman–Crippen MR) is 112 cm³/mol. The number of carbonyl (C=O) groups excluding carboxylic acids is 1. The molecule has 3 rings (SSSR count). The Labute approximate surface area is 170 Å². The van der Waals surface area contributed by atoms with E-state index in [9.17, 15) is 4.79 Å². The smallest absolute Gasteiger partial charge is 0.273 e. The number of carbonyl (C=O) groups is 1. The molecule has 0 saturated carbocycles. The van der Waals surface area contributed by atoms with Crippen LogP contribution in [-0.4, -0.2) is 34.6 Å². The molecule has 7 nitrogen and oxygen atoms in total. The van der Waals surface area contributed by atoms with E-state index in [0.717, 1.165) is 17.0 Å². The molecule has 0 aliphatic heterocycles. The van der Waals surface area contributed by atoms with Crippen LogP contribution in [0.15, 0.2) is 48.5 Å². The Hall–Kier alpha value is -3.19. The number of nitrogens with zero attached hydrogens (tertiary/aromatic N) is 3. The molecule has 7 heteroatoms. The van der Waals surface area contributed by atoms with Gasteiger partial charge in [0.05, 0.1) is 18.5 Å². The lowest BCUT2D eigenvalue weighted by Gasteiger charge is -2.14. The first kappa shape index (κ1) is 20.5. The molecule has 0 saturated heterocycles. The first-order chi connectivity index (χ1) is 13.9. The average molecular weight is 393 g/mol. The summed E-state index contributed by atoms with van der Waals surface area (Å²) in [4.78, 5) is 12.6. The van der Waals surface area contributed by atoms with E-state index >= 15 is 0 Å². The minimum atomic E-state index is -0.295. The van der Waals surface area contributed by atoms with E-state index < -0.39 is 0 Å². The predicted octanol–water partition coefficient (Wildman–Crippen LogP) is 3.14. The summed E-state index contributed by atoms with van der Waals surface area (Å²) in [5, 5.41) is 11.0. The lowest BCUT2D eigenvalue weighted by atomic mass is 9.99. The molecule has 0 radical (unpaired) electrons. The molecule has 29 heavy (non-hydrogen) atoms. The normalized spacial score (nSPS) is 12.1. The van der Waals surface area contributed by atoms with Crippen LogP contribution in [0.2, 0.25) is 0 Å². The molecule has 152 valence electrons. The van der Waals surface area contributed by atoms with Gasteiger partial charge in [-0.3, -0.25) is 4.79 Å². The molecular weight excluding hydrogens is 366 g/mol. The first-order valence-corrected chi connectivity index (χ1v) is 9.61. The number of ether oxygens (including phenoxy) is 1. The summed E-state index contributed by atoms with van der Waals surface area (Å²) in [6.07, 6.45) is 0. The zero-order valence-electron chi connectivity index (χ0n) is 17.2. The zero-order chi connectivity index (χ0) is 21.0. The molecule has 3 N–H and O–H groups in total. The Morgan fingerprint density at radius 1 is 1.10 bits per heavy atom. The van der Waals surface area contributed by atoms with Crippen LogP contribution in [0, 0.1) is 6.92 Å². The fraction of sp³-hybridized carbons (Fsp3) is 0.318. The number of benzene rings is 2. The Balaban J connectivity index is 1.65. The largest absolute Gasteiger partial charge is 0.497 e. The number of nitrogens with two attached hydrogens (primary N) is 1. The van der Waals surface area contributed by atoms with Crippen molar-refractivity contribution in [3.63, 3.8) is 0 Å². The Kier molecular flexibility index (Phi) is 6.29. The highest BCUT2D eigenvalue weighted by atomic mass is 16.5. The first-order valence-electron chi connectivity index (χ1n) is 9.61. The Bertz CT molecular complexity index is 962. The van der Waals surface area contributed by atoms with Gasteiger partial charge in [0.15, 0.2) is 5.69 Å². The van der Waals surface area contributed by atoms with E-state index in [1.807, 2.05) is 43.3 Å². The molecule has 0 aliphatic carbocycles. The van der Waals surface area contributed by atoms with Gasteiger partial charge < -0.3 is 15.8 Å². The van der Waals surface area contributed by atoms with Crippen LogP contribution < -0.4 is 15.8 Å². The van der Waals surface area contributed by atoms with E-state index in [1.165, 1.54) is 5.56 Å². The Morgan fingerprint density at radius 2 is 1.72 bits per heavy atom. The van der Waals surface area contributed by atoms with Crippen molar-refractivity contribution in [3.8, 4) is 11.4 Å². The van der Waals surface area contributed by atoms with Crippen molar-refractivity contribution in [2.75, 3.05) is 13.7 Å². The number of amides is 1. The molecule has 1 heterocycles. The number of rotatable bonds is 7. The zero-order valence-corrected chi connectivity index (χ0v) is 17.2. The molecule has 3 aromatic rings. The maximum absolute atomic E-state index is 12.6. The highest BCUT2D eigenvalue weighted by molar-refractivity contribution is 5.93. The second-order valence-electron chi connectivity index (χ2n) is 7.27. The average Bonchev–Trinajstić information content (AvgIpc) is 3.13. The molecule has 1 aromatic heterocycles. The third-order valence-electron chi connectivity index (χ3n) is 4.94. The molecule has 1 unspecified atom stereocenters. The number of hydrogen-bond donors (Lipinski definition) is 2. The molecule has 0 aliphatic rings. The Morgan fingerprint density at radius 3 is 2.31 bits per heavy atom. The molecule has 0 bridgehead atoms. The van der Waals surface area contributed by atoms with Crippen LogP contribution in [0.25, 0.3) is 5.69 Å². The van der Waals surface area contributed by atoms with E-state index in [1.54, 1.807) is 11.8 Å². The number of methoxy groups -OCH3 is 1. The van der Waals surface area contributed by atoms with Gasteiger partial charge in [-0.1, -0.05) is 43.3 Å². The van der Waals surface area contributed by atoms with Crippen molar-refractivity contribution in [1.29, 1.82) is 0 Å². The van der Waals surface area contributed by atoms with Crippen LogP contribution in [0.3, 0.4) is 0 Å². The minimum absolute atomic E-state index is 0.281. The summed E-state index contributed by atoms with van der Waals surface area (Å²) in [6, 6.07) is 15.3. The number of nitrogens with one attached hydrogen (secondary N) is 1. The van der Waals surface area contributed by atoms with Gasteiger partial charge in [0.2, 0.25) is 0 Å². The van der Waals surface area contributed by atoms with Crippen LogP contribution in [-0.2, 0) is 0 Å². The third-order valence-corrected chi connectivity index (χ3v) is 4.94. The van der Waals surface area contributed by atoms with Crippen LogP contribution in [0.1, 0.15) is 53.1 Å². The monoisotopic (exact) mass is 393 g/mol. The van der Waals surface area contributed by atoms with Gasteiger partial charge in [-0.2, -0.15) is 0 Å². The summed E-state index contributed by atoms with van der Waals surface area (Å²) in [7, 11) is 1.61. The molecule has 1 amide bonds. The van der Waals surface area contributed by atoms with Crippen molar-refractivity contribution in [1.82, 2.24) is 20.3 Å². The molecule has 1 atom stereocenters. The fourth-order valence-corrected chi connectivity index (χ4v) is 3.04. The van der Waals surface area contributed by atoms with Crippen molar-refractivity contribution < 1.29 is 9.53 Å². The third kappa shape index (κ3) is 4.63. The summed E-state index contributed by atoms with van der Waals surface area (Å²) in [5.74, 6) is 0.924. The highest BCUT2D eigenvalue weighted by Gasteiger charge is 2.18. The van der Waals surface area contributed by atoms with Crippen LogP contribution in [0.5, 0.6) is 5.75 Å².